The first-order valence-electron chi connectivity index (χ1n) is 6.03. The van der Waals surface area contributed by atoms with Crippen molar-refractivity contribution in [3.63, 3.8) is 0 Å². The van der Waals surface area contributed by atoms with Crippen molar-refractivity contribution in [3.05, 3.63) is 41.5 Å². The van der Waals surface area contributed by atoms with Gasteiger partial charge < -0.3 is 4.74 Å². The number of carbonyl (C=O) groups excluding carboxylic acids is 1. The summed E-state index contributed by atoms with van der Waals surface area (Å²) in [6.45, 7) is 2.12. The zero-order valence-corrected chi connectivity index (χ0v) is 10.3. The van der Waals surface area contributed by atoms with Crippen LogP contribution in [0.4, 0.5) is 0 Å². The van der Waals surface area contributed by atoms with Gasteiger partial charge in [0.25, 0.3) is 0 Å². The smallest absolute Gasteiger partial charge is 0.309 e. The van der Waals surface area contributed by atoms with E-state index >= 15 is 0 Å². The number of hydrogen-bond donors (Lipinski definition) is 0. The number of allylic oxidation sites excluding steroid dienone is 1. The molecule has 0 bridgehead atoms. The van der Waals surface area contributed by atoms with E-state index in [4.69, 9.17) is 4.74 Å². The van der Waals surface area contributed by atoms with Crippen molar-refractivity contribution in [2.45, 2.75) is 19.8 Å². The van der Waals surface area contributed by atoms with E-state index in [0.717, 1.165) is 12.8 Å². The van der Waals surface area contributed by atoms with Crippen LogP contribution in [0.5, 0.6) is 0 Å². The summed E-state index contributed by atoms with van der Waals surface area (Å²) in [4.78, 5) is 11.6. The molecule has 1 saturated carbocycles. The lowest BCUT2D eigenvalue weighted by Crippen LogP contribution is -2.18. The Morgan fingerprint density at radius 1 is 1.29 bits per heavy atom. The average Bonchev–Trinajstić information content (AvgIpc) is 2.70. The molecule has 17 heavy (non-hydrogen) atoms. The van der Waals surface area contributed by atoms with Gasteiger partial charge >= 0.3 is 5.97 Å². The topological polar surface area (TPSA) is 26.3 Å². The lowest BCUT2D eigenvalue weighted by atomic mass is 9.99. The molecule has 0 aromatic heterocycles. The third kappa shape index (κ3) is 2.76. The summed E-state index contributed by atoms with van der Waals surface area (Å²) >= 11 is 0. The van der Waals surface area contributed by atoms with E-state index in [1.807, 2.05) is 18.2 Å². The quantitative estimate of drug-likeness (QED) is 0.729. The molecule has 1 aliphatic rings. The van der Waals surface area contributed by atoms with Crippen LogP contribution in [0, 0.1) is 11.8 Å². The third-order valence-corrected chi connectivity index (χ3v) is 3.43. The zero-order chi connectivity index (χ0) is 12.3. The molecular weight excluding hydrogens is 212 g/mol. The second kappa shape index (κ2) is 5.17. The van der Waals surface area contributed by atoms with Crippen molar-refractivity contribution in [2.75, 3.05) is 7.11 Å². The lowest BCUT2D eigenvalue weighted by molar-refractivity contribution is -0.146. The predicted octanol–water partition coefficient (Wildman–Crippen LogP) is 3.29. The van der Waals surface area contributed by atoms with Crippen molar-refractivity contribution in [1.29, 1.82) is 0 Å². The molecule has 0 heterocycles. The second-order valence-electron chi connectivity index (χ2n) is 4.73. The van der Waals surface area contributed by atoms with E-state index in [-0.39, 0.29) is 11.9 Å². The van der Waals surface area contributed by atoms with Crippen LogP contribution in [0.3, 0.4) is 0 Å². The Bertz CT molecular complexity index is 420. The highest BCUT2D eigenvalue weighted by molar-refractivity contribution is 5.74. The van der Waals surface area contributed by atoms with Crippen LogP contribution >= 0.6 is 0 Å². The van der Waals surface area contributed by atoms with Crippen molar-refractivity contribution in [1.82, 2.24) is 0 Å². The minimum Gasteiger partial charge on any atom is -0.469 e. The molecule has 90 valence electrons. The summed E-state index contributed by atoms with van der Waals surface area (Å²) < 4.78 is 4.84. The highest BCUT2D eigenvalue weighted by Crippen LogP contribution is 2.37. The van der Waals surface area contributed by atoms with Gasteiger partial charge in [0.15, 0.2) is 0 Å². The van der Waals surface area contributed by atoms with E-state index in [1.54, 1.807) is 0 Å². The molecular formula is C15H18O2. The number of esters is 1. The molecule has 2 heteroatoms. The number of methoxy groups -OCH3 is 1. The van der Waals surface area contributed by atoms with Gasteiger partial charge in [-0.2, -0.15) is 0 Å². The van der Waals surface area contributed by atoms with Gasteiger partial charge in [-0.3, -0.25) is 4.79 Å². The van der Waals surface area contributed by atoms with Crippen LogP contribution in [0.25, 0.3) is 6.08 Å². The molecule has 2 nitrogen and oxygen atoms in total. The van der Waals surface area contributed by atoms with Gasteiger partial charge in [-0.05, 0) is 24.3 Å². The maximum Gasteiger partial charge on any atom is 0.309 e. The first-order valence-corrected chi connectivity index (χ1v) is 6.03. The van der Waals surface area contributed by atoms with E-state index in [0.29, 0.717) is 5.92 Å². The van der Waals surface area contributed by atoms with E-state index < -0.39 is 0 Å². The molecule has 0 saturated heterocycles. The van der Waals surface area contributed by atoms with E-state index in [9.17, 15) is 4.79 Å². The Morgan fingerprint density at radius 3 is 2.65 bits per heavy atom. The molecule has 0 aliphatic heterocycles. The van der Waals surface area contributed by atoms with Crippen molar-refractivity contribution < 1.29 is 9.53 Å². The summed E-state index contributed by atoms with van der Waals surface area (Å²) in [6.07, 6.45) is 4.02. The highest BCUT2D eigenvalue weighted by atomic mass is 16.5. The second-order valence-corrected chi connectivity index (χ2v) is 4.73. The van der Waals surface area contributed by atoms with Crippen LogP contribution in [-0.4, -0.2) is 13.1 Å². The van der Waals surface area contributed by atoms with Crippen LogP contribution in [0.1, 0.15) is 25.3 Å². The normalized spacial score (nSPS) is 26.1. The molecule has 2 atom stereocenters. The number of carbonyl (C=O) groups is 1. The number of hydrogen-bond acceptors (Lipinski definition) is 2. The lowest BCUT2D eigenvalue weighted by Gasteiger charge is -2.10. The summed E-state index contributed by atoms with van der Waals surface area (Å²) in [7, 11) is 1.47. The predicted molar refractivity (Wildman–Crippen MR) is 68.3 cm³/mol. The largest absolute Gasteiger partial charge is 0.469 e. The van der Waals surface area contributed by atoms with Gasteiger partial charge in [-0.15, -0.1) is 0 Å². The van der Waals surface area contributed by atoms with Gasteiger partial charge in [0, 0.05) is 0 Å². The third-order valence-electron chi connectivity index (χ3n) is 3.43. The molecule has 0 radical (unpaired) electrons. The molecule has 0 N–H and O–H groups in total. The fraction of sp³-hybridized carbons (Fsp3) is 0.400. The van der Waals surface area contributed by atoms with Gasteiger partial charge in [0.2, 0.25) is 0 Å². The summed E-state index contributed by atoms with van der Waals surface area (Å²) in [5.41, 5.74) is 2.55. The monoisotopic (exact) mass is 230 g/mol. The van der Waals surface area contributed by atoms with Gasteiger partial charge in [-0.1, -0.05) is 48.9 Å². The Labute approximate surface area is 102 Å². The van der Waals surface area contributed by atoms with Crippen molar-refractivity contribution in [2.24, 2.45) is 11.8 Å². The fourth-order valence-electron chi connectivity index (χ4n) is 2.49. The highest BCUT2D eigenvalue weighted by Gasteiger charge is 2.33. The summed E-state index contributed by atoms with van der Waals surface area (Å²) in [5, 5.41) is 0. The SMILES string of the molecule is COC(=O)C1C/C(=C/c2ccccc2)CC1C. The van der Waals surface area contributed by atoms with Crippen LogP contribution in [0.15, 0.2) is 35.9 Å². The van der Waals surface area contributed by atoms with Crippen molar-refractivity contribution in [3.8, 4) is 0 Å². The molecule has 2 rings (SSSR count). The van der Waals surface area contributed by atoms with Gasteiger partial charge in [0.05, 0.1) is 13.0 Å². The first-order chi connectivity index (χ1) is 8.20. The van der Waals surface area contributed by atoms with Gasteiger partial charge in [-0.25, -0.2) is 0 Å². The first kappa shape index (κ1) is 11.9. The molecule has 2 unspecified atom stereocenters. The van der Waals surface area contributed by atoms with Gasteiger partial charge in [0.1, 0.15) is 0 Å². The van der Waals surface area contributed by atoms with Crippen LogP contribution < -0.4 is 0 Å². The van der Waals surface area contributed by atoms with Crippen molar-refractivity contribution >= 4 is 12.0 Å². The standard InChI is InChI=1S/C15H18O2/c1-11-8-13(10-14(11)15(16)17-2)9-12-6-4-3-5-7-12/h3-7,9,11,14H,8,10H2,1-2H3/b13-9+. The molecule has 1 aromatic carbocycles. The molecule has 0 spiro atoms. The van der Waals surface area contributed by atoms with E-state index in [2.05, 4.69) is 25.1 Å². The zero-order valence-electron chi connectivity index (χ0n) is 10.3. The fourth-order valence-corrected chi connectivity index (χ4v) is 2.49. The van der Waals surface area contributed by atoms with E-state index in [1.165, 1.54) is 18.2 Å². The van der Waals surface area contributed by atoms with Crippen LogP contribution in [0.2, 0.25) is 0 Å². The minimum atomic E-state index is -0.0750. The molecule has 0 amide bonds. The Morgan fingerprint density at radius 2 is 2.00 bits per heavy atom. The molecule has 1 aromatic rings. The minimum absolute atomic E-state index is 0.0370. The Balaban J connectivity index is 2.11. The number of benzene rings is 1. The summed E-state index contributed by atoms with van der Waals surface area (Å²) in [6, 6.07) is 10.2. The Kier molecular flexibility index (Phi) is 3.62. The molecule has 1 aliphatic carbocycles. The van der Waals surface area contributed by atoms with Crippen LogP contribution in [-0.2, 0) is 9.53 Å². The Hall–Kier alpha value is -1.57. The average molecular weight is 230 g/mol. The maximum atomic E-state index is 11.6. The number of ether oxygens (including phenoxy) is 1. The summed E-state index contributed by atoms with van der Waals surface area (Å²) in [5.74, 6) is 0.348. The maximum absolute atomic E-state index is 11.6. The number of rotatable bonds is 2. The molecule has 1 fully saturated rings.